The summed E-state index contributed by atoms with van der Waals surface area (Å²) in [6.45, 7) is -0.250. The van der Waals surface area contributed by atoms with Crippen LogP contribution in [0.2, 0.25) is 0 Å². The van der Waals surface area contributed by atoms with Gasteiger partial charge in [-0.3, -0.25) is 4.98 Å². The number of alkyl halides is 2. The molecule has 0 bridgehead atoms. The van der Waals surface area contributed by atoms with Crippen molar-refractivity contribution >= 4 is 38.5 Å². The van der Waals surface area contributed by atoms with Crippen molar-refractivity contribution in [2.24, 2.45) is 0 Å². The van der Waals surface area contributed by atoms with E-state index in [9.17, 15) is 8.78 Å². The maximum atomic E-state index is 12.3. The fourth-order valence-corrected chi connectivity index (χ4v) is 1.90. The Morgan fingerprint density at radius 1 is 1.62 bits per heavy atom. The molecule has 0 spiro atoms. The summed E-state index contributed by atoms with van der Waals surface area (Å²) in [6.07, 6.45) is -1.48. The molecule has 1 N–H and O–H groups in total. The predicted octanol–water partition coefficient (Wildman–Crippen LogP) is 2.88. The minimum absolute atomic E-state index is 0.151. The molecule has 1 aromatic heterocycles. The molecular formula is C7H5BrF2INO. The van der Waals surface area contributed by atoms with Gasteiger partial charge in [-0.05, 0) is 38.5 Å². The zero-order valence-electron chi connectivity index (χ0n) is 6.27. The number of nitrogens with zero attached hydrogens (tertiary/aromatic N) is 1. The van der Waals surface area contributed by atoms with Gasteiger partial charge >= 0.3 is 0 Å². The Morgan fingerprint density at radius 2 is 2.23 bits per heavy atom. The number of pyridine rings is 1. The molecule has 0 aromatic carbocycles. The summed E-state index contributed by atoms with van der Waals surface area (Å²) in [7, 11) is 0. The molecule has 0 radical (unpaired) electrons. The maximum absolute atomic E-state index is 12.3. The van der Waals surface area contributed by atoms with Gasteiger partial charge < -0.3 is 5.11 Å². The van der Waals surface area contributed by atoms with Crippen molar-refractivity contribution in [1.29, 1.82) is 0 Å². The molecule has 0 aliphatic rings. The molecule has 1 rings (SSSR count). The SMILES string of the molecule is OCc1ncc(C(F)F)c(Br)c1I. The Kier molecular flexibility index (Phi) is 3.99. The Hall–Kier alpha value is 0.180. The summed E-state index contributed by atoms with van der Waals surface area (Å²) in [5.41, 5.74) is 0.249. The van der Waals surface area contributed by atoms with E-state index in [1.54, 1.807) is 0 Å². The summed E-state index contributed by atoms with van der Waals surface area (Å²) < 4.78 is 25.4. The molecule has 2 nitrogen and oxygen atoms in total. The van der Waals surface area contributed by atoms with Gasteiger partial charge in [-0.25, -0.2) is 8.78 Å². The van der Waals surface area contributed by atoms with E-state index in [0.717, 1.165) is 6.20 Å². The molecule has 0 saturated carbocycles. The number of aliphatic hydroxyl groups is 1. The first-order chi connectivity index (χ1) is 6.07. The van der Waals surface area contributed by atoms with Crippen LogP contribution in [-0.4, -0.2) is 10.1 Å². The number of hydrogen-bond donors (Lipinski definition) is 1. The fraction of sp³-hybridized carbons (Fsp3) is 0.286. The summed E-state index contributed by atoms with van der Waals surface area (Å²) in [6, 6.07) is 0. The lowest BCUT2D eigenvalue weighted by atomic mass is 10.2. The highest BCUT2D eigenvalue weighted by molar-refractivity contribution is 14.1. The minimum atomic E-state index is -2.55. The monoisotopic (exact) mass is 363 g/mol. The second kappa shape index (κ2) is 4.61. The molecule has 0 aliphatic heterocycles. The first kappa shape index (κ1) is 11.3. The molecule has 0 amide bonds. The van der Waals surface area contributed by atoms with Crippen LogP contribution in [0.4, 0.5) is 8.78 Å². The van der Waals surface area contributed by atoms with Crippen LogP contribution in [-0.2, 0) is 6.61 Å². The smallest absolute Gasteiger partial charge is 0.266 e. The third kappa shape index (κ3) is 2.35. The fourth-order valence-electron chi connectivity index (χ4n) is 0.777. The average Bonchev–Trinajstić information content (AvgIpc) is 2.09. The Labute approximate surface area is 95.6 Å². The van der Waals surface area contributed by atoms with Crippen molar-refractivity contribution in [1.82, 2.24) is 4.98 Å². The number of aromatic nitrogens is 1. The van der Waals surface area contributed by atoms with Crippen molar-refractivity contribution in [3.05, 3.63) is 25.5 Å². The van der Waals surface area contributed by atoms with Crippen molar-refractivity contribution in [3.8, 4) is 0 Å². The highest BCUT2D eigenvalue weighted by Crippen LogP contribution is 2.31. The van der Waals surface area contributed by atoms with Crippen LogP contribution >= 0.6 is 38.5 Å². The second-order valence-corrected chi connectivity index (χ2v) is 4.12. The lowest BCUT2D eigenvalue weighted by Crippen LogP contribution is -1.99. The van der Waals surface area contributed by atoms with Crippen LogP contribution in [0.5, 0.6) is 0 Å². The van der Waals surface area contributed by atoms with Gasteiger partial charge in [-0.15, -0.1) is 0 Å². The molecule has 1 aromatic rings. The van der Waals surface area contributed by atoms with E-state index >= 15 is 0 Å². The molecule has 6 heteroatoms. The highest BCUT2D eigenvalue weighted by atomic mass is 127. The summed E-state index contributed by atoms with van der Waals surface area (Å²) >= 11 is 4.89. The van der Waals surface area contributed by atoms with E-state index in [1.165, 1.54) is 0 Å². The van der Waals surface area contributed by atoms with Crippen LogP contribution in [0, 0.1) is 3.57 Å². The number of halogens is 4. The first-order valence-electron chi connectivity index (χ1n) is 3.29. The molecule has 0 saturated heterocycles. The molecule has 1 heterocycles. The molecular weight excluding hydrogens is 359 g/mol. The van der Waals surface area contributed by atoms with Gasteiger partial charge in [0.2, 0.25) is 0 Å². The molecule has 0 fully saturated rings. The van der Waals surface area contributed by atoms with E-state index in [2.05, 4.69) is 20.9 Å². The third-order valence-electron chi connectivity index (χ3n) is 1.44. The first-order valence-corrected chi connectivity index (χ1v) is 5.17. The quantitative estimate of drug-likeness (QED) is 0.819. The minimum Gasteiger partial charge on any atom is -0.390 e. The van der Waals surface area contributed by atoms with Gasteiger partial charge in [0.25, 0.3) is 6.43 Å². The van der Waals surface area contributed by atoms with E-state index in [4.69, 9.17) is 5.11 Å². The second-order valence-electron chi connectivity index (χ2n) is 2.25. The number of rotatable bonds is 2. The molecule has 0 aliphatic carbocycles. The standard InChI is InChI=1S/C7H5BrF2INO/c8-5-3(7(9)10)1-12-4(2-13)6(5)11/h1,7,13H,2H2. The highest BCUT2D eigenvalue weighted by Gasteiger charge is 2.16. The lowest BCUT2D eigenvalue weighted by molar-refractivity contribution is 0.149. The topological polar surface area (TPSA) is 33.1 Å². The van der Waals surface area contributed by atoms with Gasteiger partial charge in [-0.2, -0.15) is 0 Å². The van der Waals surface area contributed by atoms with Crippen LogP contribution in [0.3, 0.4) is 0 Å². The van der Waals surface area contributed by atoms with Crippen molar-refractivity contribution in [2.75, 3.05) is 0 Å². The van der Waals surface area contributed by atoms with Crippen molar-refractivity contribution in [2.45, 2.75) is 13.0 Å². The zero-order valence-corrected chi connectivity index (χ0v) is 10.0. The maximum Gasteiger partial charge on any atom is 0.266 e. The average molecular weight is 364 g/mol. The normalized spacial score (nSPS) is 10.9. The van der Waals surface area contributed by atoms with E-state index in [-0.39, 0.29) is 12.2 Å². The van der Waals surface area contributed by atoms with Crippen LogP contribution in [0.1, 0.15) is 17.7 Å². The van der Waals surface area contributed by atoms with E-state index < -0.39 is 6.43 Å². The van der Waals surface area contributed by atoms with Crippen molar-refractivity contribution in [3.63, 3.8) is 0 Å². The summed E-state index contributed by atoms with van der Waals surface area (Å²) in [5.74, 6) is 0. The summed E-state index contributed by atoms with van der Waals surface area (Å²) in [5, 5.41) is 8.80. The molecule has 72 valence electrons. The van der Waals surface area contributed by atoms with Crippen LogP contribution in [0.15, 0.2) is 10.7 Å². The molecule has 0 unspecified atom stereocenters. The Bertz CT molecular complexity index is 322. The van der Waals surface area contributed by atoms with Gasteiger partial charge in [-0.1, -0.05) is 0 Å². The Morgan fingerprint density at radius 3 is 2.69 bits per heavy atom. The van der Waals surface area contributed by atoms with Gasteiger partial charge in [0.1, 0.15) is 0 Å². The molecule has 13 heavy (non-hydrogen) atoms. The zero-order chi connectivity index (χ0) is 10.0. The summed E-state index contributed by atoms with van der Waals surface area (Å²) in [4.78, 5) is 3.71. The largest absolute Gasteiger partial charge is 0.390 e. The van der Waals surface area contributed by atoms with Crippen molar-refractivity contribution < 1.29 is 13.9 Å². The third-order valence-corrected chi connectivity index (χ3v) is 4.20. The number of hydrogen-bond acceptors (Lipinski definition) is 2. The predicted molar refractivity (Wildman–Crippen MR) is 55.5 cm³/mol. The van der Waals surface area contributed by atoms with Gasteiger partial charge in [0.05, 0.1) is 21.4 Å². The van der Waals surface area contributed by atoms with Gasteiger partial charge in [0, 0.05) is 10.7 Å². The van der Waals surface area contributed by atoms with E-state index in [1.807, 2.05) is 22.6 Å². The van der Waals surface area contributed by atoms with E-state index in [0.29, 0.717) is 13.7 Å². The van der Waals surface area contributed by atoms with Crippen LogP contribution in [0.25, 0.3) is 0 Å². The van der Waals surface area contributed by atoms with Crippen LogP contribution < -0.4 is 0 Å². The number of aliphatic hydroxyl groups excluding tert-OH is 1. The molecule has 0 atom stereocenters. The lowest BCUT2D eigenvalue weighted by Gasteiger charge is -2.07. The Balaban J connectivity index is 3.23. The van der Waals surface area contributed by atoms with Gasteiger partial charge in [0.15, 0.2) is 0 Å².